The van der Waals surface area contributed by atoms with Crippen molar-refractivity contribution >= 4 is 23.5 Å². The fraction of sp³-hybridized carbons (Fsp3) is 0.353. The van der Waals surface area contributed by atoms with E-state index in [0.717, 1.165) is 5.69 Å². The molecule has 2 unspecified atom stereocenters. The van der Waals surface area contributed by atoms with Crippen LogP contribution in [0.2, 0.25) is 0 Å². The molecule has 0 saturated carbocycles. The second-order valence-electron chi connectivity index (χ2n) is 5.66. The molecule has 1 N–H and O–H groups in total. The molecule has 2 atom stereocenters. The van der Waals surface area contributed by atoms with Crippen LogP contribution in [-0.2, 0) is 14.3 Å². The SMILES string of the molecule is COC(=O)c1ccc(NCN2C(=O)C3CC=CCC3C2=O)cc1. The van der Waals surface area contributed by atoms with E-state index in [2.05, 4.69) is 10.1 Å². The third kappa shape index (κ3) is 2.84. The Labute approximate surface area is 134 Å². The normalized spacial score (nSPS) is 22.9. The number of anilines is 1. The number of allylic oxidation sites excluding steroid dienone is 2. The first-order valence-corrected chi connectivity index (χ1v) is 7.54. The van der Waals surface area contributed by atoms with Crippen molar-refractivity contribution in [1.29, 1.82) is 0 Å². The molecule has 1 aromatic rings. The molecule has 3 rings (SSSR count). The van der Waals surface area contributed by atoms with Crippen molar-refractivity contribution < 1.29 is 19.1 Å². The third-order valence-electron chi connectivity index (χ3n) is 4.35. The molecule has 1 saturated heterocycles. The minimum absolute atomic E-state index is 0.108. The van der Waals surface area contributed by atoms with Gasteiger partial charge in [0.2, 0.25) is 11.8 Å². The molecule has 0 aromatic heterocycles. The Bertz CT molecular complexity index is 640. The molecule has 1 aromatic carbocycles. The van der Waals surface area contributed by atoms with E-state index in [4.69, 9.17) is 0 Å². The number of hydrogen-bond acceptors (Lipinski definition) is 5. The quantitative estimate of drug-likeness (QED) is 0.521. The summed E-state index contributed by atoms with van der Waals surface area (Å²) in [5.74, 6) is -1.05. The molecule has 6 nitrogen and oxygen atoms in total. The predicted octanol–water partition coefficient (Wildman–Crippen LogP) is 1.79. The molecule has 23 heavy (non-hydrogen) atoms. The molecule has 1 aliphatic carbocycles. The van der Waals surface area contributed by atoms with Crippen molar-refractivity contribution in [2.45, 2.75) is 12.8 Å². The Kier molecular flexibility index (Phi) is 4.14. The molecule has 0 spiro atoms. The second kappa shape index (κ2) is 6.24. The van der Waals surface area contributed by atoms with E-state index in [1.54, 1.807) is 24.3 Å². The topological polar surface area (TPSA) is 75.7 Å². The fourth-order valence-corrected chi connectivity index (χ4v) is 3.04. The number of ether oxygens (including phenoxy) is 1. The summed E-state index contributed by atoms with van der Waals surface area (Å²) in [6.45, 7) is 0.141. The molecular weight excluding hydrogens is 296 g/mol. The van der Waals surface area contributed by atoms with Gasteiger partial charge in [-0.1, -0.05) is 12.2 Å². The van der Waals surface area contributed by atoms with E-state index >= 15 is 0 Å². The number of esters is 1. The van der Waals surface area contributed by atoms with E-state index in [9.17, 15) is 14.4 Å². The van der Waals surface area contributed by atoms with Crippen LogP contribution in [0.4, 0.5) is 5.69 Å². The van der Waals surface area contributed by atoms with Gasteiger partial charge in [-0.2, -0.15) is 0 Å². The van der Waals surface area contributed by atoms with Crippen LogP contribution in [0.25, 0.3) is 0 Å². The number of fused-ring (bicyclic) bond motifs is 1. The van der Waals surface area contributed by atoms with Gasteiger partial charge in [-0.15, -0.1) is 0 Å². The number of imide groups is 1. The Morgan fingerprint density at radius 1 is 1.13 bits per heavy atom. The summed E-state index contributed by atoms with van der Waals surface area (Å²) in [6, 6.07) is 6.69. The Balaban J connectivity index is 1.63. The van der Waals surface area contributed by atoms with Gasteiger partial charge >= 0.3 is 5.97 Å². The van der Waals surface area contributed by atoms with Crippen molar-refractivity contribution in [2.24, 2.45) is 11.8 Å². The van der Waals surface area contributed by atoms with Gasteiger partial charge in [0.05, 0.1) is 31.2 Å². The zero-order valence-corrected chi connectivity index (χ0v) is 12.8. The number of carbonyl (C=O) groups is 3. The number of hydrogen-bond donors (Lipinski definition) is 1. The van der Waals surface area contributed by atoms with Crippen molar-refractivity contribution in [2.75, 3.05) is 19.1 Å². The van der Waals surface area contributed by atoms with Gasteiger partial charge in [0, 0.05) is 5.69 Å². The maximum absolute atomic E-state index is 12.3. The first-order valence-electron chi connectivity index (χ1n) is 7.54. The summed E-state index contributed by atoms with van der Waals surface area (Å²) in [5.41, 5.74) is 1.18. The summed E-state index contributed by atoms with van der Waals surface area (Å²) in [6.07, 6.45) is 5.21. The second-order valence-corrected chi connectivity index (χ2v) is 5.66. The minimum Gasteiger partial charge on any atom is -0.465 e. The average Bonchev–Trinajstić information content (AvgIpc) is 2.84. The largest absolute Gasteiger partial charge is 0.465 e. The zero-order valence-electron chi connectivity index (χ0n) is 12.8. The number of nitrogens with one attached hydrogen (secondary N) is 1. The molecule has 6 heteroatoms. The molecule has 0 radical (unpaired) electrons. The molecular formula is C17H18N2O4. The van der Waals surface area contributed by atoms with Crippen LogP contribution in [-0.4, -0.2) is 36.5 Å². The smallest absolute Gasteiger partial charge is 0.337 e. The van der Waals surface area contributed by atoms with Crippen LogP contribution >= 0.6 is 0 Å². The van der Waals surface area contributed by atoms with Gasteiger partial charge in [0.25, 0.3) is 0 Å². The van der Waals surface area contributed by atoms with Crippen molar-refractivity contribution in [1.82, 2.24) is 4.90 Å². The van der Waals surface area contributed by atoms with Crippen LogP contribution in [0, 0.1) is 11.8 Å². The Hall–Kier alpha value is -2.63. The van der Waals surface area contributed by atoms with Gasteiger partial charge in [0.1, 0.15) is 0 Å². The molecule has 2 amide bonds. The van der Waals surface area contributed by atoms with Gasteiger partial charge < -0.3 is 10.1 Å². The molecule has 2 aliphatic rings. The first-order chi connectivity index (χ1) is 11.1. The van der Waals surface area contributed by atoms with Crippen LogP contribution in [0.15, 0.2) is 36.4 Å². The summed E-state index contributed by atoms with van der Waals surface area (Å²) in [4.78, 5) is 37.3. The molecule has 1 heterocycles. The number of amides is 2. The van der Waals surface area contributed by atoms with Crippen molar-refractivity contribution in [3.8, 4) is 0 Å². The Morgan fingerprint density at radius 3 is 2.22 bits per heavy atom. The fourth-order valence-electron chi connectivity index (χ4n) is 3.04. The van der Waals surface area contributed by atoms with Gasteiger partial charge in [-0.3, -0.25) is 14.5 Å². The van der Waals surface area contributed by atoms with Crippen molar-refractivity contribution in [3.05, 3.63) is 42.0 Å². The third-order valence-corrected chi connectivity index (χ3v) is 4.35. The number of methoxy groups -OCH3 is 1. The highest BCUT2D eigenvalue weighted by atomic mass is 16.5. The average molecular weight is 314 g/mol. The standard InChI is InChI=1S/C17H18N2O4/c1-23-17(22)11-6-8-12(9-7-11)18-10-19-15(20)13-4-2-3-5-14(13)16(19)21/h2-3,6-9,13-14,18H,4-5,10H2,1H3. The highest BCUT2D eigenvalue weighted by Crippen LogP contribution is 2.34. The van der Waals surface area contributed by atoms with E-state index in [0.29, 0.717) is 18.4 Å². The predicted molar refractivity (Wildman–Crippen MR) is 83.5 cm³/mol. The molecule has 1 aliphatic heterocycles. The lowest BCUT2D eigenvalue weighted by Gasteiger charge is -2.16. The maximum Gasteiger partial charge on any atom is 0.337 e. The minimum atomic E-state index is -0.405. The van der Waals surface area contributed by atoms with Gasteiger partial charge in [0.15, 0.2) is 0 Å². The van der Waals surface area contributed by atoms with E-state index in [-0.39, 0.29) is 30.3 Å². The summed E-state index contributed by atoms with van der Waals surface area (Å²) >= 11 is 0. The van der Waals surface area contributed by atoms with Gasteiger partial charge in [-0.25, -0.2) is 4.79 Å². The molecule has 120 valence electrons. The summed E-state index contributed by atoms with van der Waals surface area (Å²) in [7, 11) is 1.33. The van der Waals surface area contributed by atoms with Crippen LogP contribution < -0.4 is 5.32 Å². The summed E-state index contributed by atoms with van der Waals surface area (Å²) in [5, 5.41) is 3.05. The van der Waals surface area contributed by atoms with E-state index in [1.165, 1.54) is 12.0 Å². The lowest BCUT2D eigenvalue weighted by Crippen LogP contribution is -2.35. The monoisotopic (exact) mass is 314 g/mol. The first kappa shape index (κ1) is 15.3. The molecule has 0 bridgehead atoms. The number of rotatable bonds is 4. The lowest BCUT2D eigenvalue weighted by atomic mass is 9.85. The summed E-state index contributed by atoms with van der Waals surface area (Å²) < 4.78 is 4.64. The van der Waals surface area contributed by atoms with Crippen LogP contribution in [0.1, 0.15) is 23.2 Å². The van der Waals surface area contributed by atoms with Crippen LogP contribution in [0.5, 0.6) is 0 Å². The number of likely N-dealkylation sites (tertiary alicyclic amines) is 1. The van der Waals surface area contributed by atoms with E-state index < -0.39 is 5.97 Å². The number of carbonyl (C=O) groups excluding carboxylic acids is 3. The Morgan fingerprint density at radius 2 is 1.70 bits per heavy atom. The van der Waals surface area contributed by atoms with Crippen LogP contribution in [0.3, 0.4) is 0 Å². The number of benzene rings is 1. The lowest BCUT2D eigenvalue weighted by molar-refractivity contribution is -0.139. The van der Waals surface area contributed by atoms with E-state index in [1.807, 2.05) is 12.2 Å². The highest BCUT2D eigenvalue weighted by molar-refractivity contribution is 6.05. The van der Waals surface area contributed by atoms with Crippen molar-refractivity contribution in [3.63, 3.8) is 0 Å². The van der Waals surface area contributed by atoms with Gasteiger partial charge in [-0.05, 0) is 37.1 Å². The maximum atomic E-state index is 12.3. The molecule has 1 fully saturated rings. The zero-order chi connectivity index (χ0) is 16.4. The highest BCUT2D eigenvalue weighted by Gasteiger charge is 2.46. The number of nitrogens with zero attached hydrogens (tertiary/aromatic N) is 1.